The van der Waals surface area contributed by atoms with Crippen LogP contribution in [0.1, 0.15) is 49.1 Å². The summed E-state index contributed by atoms with van der Waals surface area (Å²) in [7, 11) is 0. The third kappa shape index (κ3) is 7.20. The van der Waals surface area contributed by atoms with Crippen LogP contribution in [-0.2, 0) is 22.3 Å². The van der Waals surface area contributed by atoms with Crippen LogP contribution in [0.4, 0.5) is 13.2 Å². The Bertz CT molecular complexity index is 1360. The largest absolute Gasteiger partial charge is 0.493 e. The van der Waals surface area contributed by atoms with Crippen LogP contribution in [0.3, 0.4) is 0 Å². The summed E-state index contributed by atoms with van der Waals surface area (Å²) in [6.45, 7) is 3.16. The second kappa shape index (κ2) is 12.2. The highest BCUT2D eigenvalue weighted by molar-refractivity contribution is 5.83. The van der Waals surface area contributed by atoms with E-state index in [1.54, 1.807) is 17.0 Å². The van der Waals surface area contributed by atoms with Crippen LogP contribution in [0.15, 0.2) is 48.5 Å². The van der Waals surface area contributed by atoms with E-state index in [9.17, 15) is 22.8 Å². The normalized spacial score (nSPS) is 19.2. The predicted octanol–water partition coefficient (Wildman–Crippen LogP) is 3.08. The first-order valence-corrected chi connectivity index (χ1v) is 13.6. The zero-order valence-corrected chi connectivity index (χ0v) is 22.6. The number of benzene rings is 2. The Balaban J connectivity index is 1.36. The summed E-state index contributed by atoms with van der Waals surface area (Å²) in [5.41, 5.74) is 1.92. The standard InChI is InChI=1S/C28H32F3N7O3/c1-18(39)32-15-26(40)37-12-11-24(23(16-37)20-5-3-2-4-6-20)33-14-21-13-22(9-10-25(21)41-17-19-7-8-19)38-27(28(29,30)31)34-35-36-38/h2-6,9-10,13,19,23-24,33H,7-8,11-12,14-17H2,1H3,(H,32,39). The Morgan fingerprint density at radius 1 is 1.10 bits per heavy atom. The van der Waals surface area contributed by atoms with Crippen molar-refractivity contribution in [2.45, 2.75) is 50.9 Å². The highest BCUT2D eigenvalue weighted by Crippen LogP contribution is 2.33. The van der Waals surface area contributed by atoms with Gasteiger partial charge in [0.25, 0.3) is 5.82 Å². The van der Waals surface area contributed by atoms with Crippen LogP contribution in [0, 0.1) is 5.92 Å². The summed E-state index contributed by atoms with van der Waals surface area (Å²) in [6.07, 6.45) is -1.86. The van der Waals surface area contributed by atoms with Gasteiger partial charge in [-0.25, -0.2) is 0 Å². The van der Waals surface area contributed by atoms with Crippen molar-refractivity contribution >= 4 is 11.8 Å². The van der Waals surface area contributed by atoms with Crippen molar-refractivity contribution in [1.82, 2.24) is 35.7 Å². The molecule has 1 aliphatic carbocycles. The number of halogens is 3. The van der Waals surface area contributed by atoms with Gasteiger partial charge < -0.3 is 20.3 Å². The zero-order valence-electron chi connectivity index (χ0n) is 22.6. The summed E-state index contributed by atoms with van der Waals surface area (Å²) in [5.74, 6) is -0.571. The number of tetrazole rings is 1. The zero-order chi connectivity index (χ0) is 29.0. The van der Waals surface area contributed by atoms with Gasteiger partial charge in [0.15, 0.2) is 0 Å². The van der Waals surface area contributed by atoms with Crippen molar-refractivity contribution < 1.29 is 27.5 Å². The van der Waals surface area contributed by atoms with Gasteiger partial charge >= 0.3 is 6.18 Å². The highest BCUT2D eigenvalue weighted by atomic mass is 19.4. The topological polar surface area (TPSA) is 114 Å². The minimum absolute atomic E-state index is 0.0269. The molecular formula is C28H32F3N7O3. The second-order valence-corrected chi connectivity index (χ2v) is 10.5. The number of aromatic nitrogens is 4. The molecule has 1 aromatic heterocycles. The van der Waals surface area contributed by atoms with E-state index in [2.05, 4.69) is 26.2 Å². The Kier molecular flexibility index (Phi) is 8.52. The Hall–Kier alpha value is -4.00. The lowest BCUT2D eigenvalue weighted by molar-refractivity contribution is -0.146. The van der Waals surface area contributed by atoms with Crippen LogP contribution in [0.5, 0.6) is 5.75 Å². The van der Waals surface area contributed by atoms with E-state index < -0.39 is 12.0 Å². The Labute approximate surface area is 235 Å². The summed E-state index contributed by atoms with van der Waals surface area (Å²) in [6, 6.07) is 14.6. The molecule has 3 aromatic rings. The number of carbonyl (C=O) groups is 2. The van der Waals surface area contributed by atoms with Gasteiger partial charge in [0, 0.05) is 44.1 Å². The molecule has 0 bridgehead atoms. The van der Waals surface area contributed by atoms with Gasteiger partial charge in [0.1, 0.15) is 5.75 Å². The third-order valence-corrected chi connectivity index (χ3v) is 7.42. The molecular weight excluding hydrogens is 539 g/mol. The lowest BCUT2D eigenvalue weighted by Crippen LogP contribution is -2.51. The van der Waals surface area contributed by atoms with Crippen molar-refractivity contribution in [1.29, 1.82) is 0 Å². The maximum atomic E-state index is 13.5. The van der Waals surface area contributed by atoms with Gasteiger partial charge in [0.2, 0.25) is 11.8 Å². The molecule has 2 aliphatic rings. The maximum absolute atomic E-state index is 13.5. The lowest BCUT2D eigenvalue weighted by atomic mass is 9.85. The molecule has 1 saturated heterocycles. The molecule has 0 spiro atoms. The number of nitrogens with one attached hydrogen (secondary N) is 2. The molecule has 10 nitrogen and oxygen atoms in total. The average molecular weight is 572 g/mol. The number of likely N-dealkylation sites (tertiary alicyclic amines) is 1. The first kappa shape index (κ1) is 28.5. The molecule has 2 aromatic carbocycles. The fraction of sp³-hybridized carbons (Fsp3) is 0.464. The van der Waals surface area contributed by atoms with E-state index in [-0.39, 0.29) is 36.0 Å². The molecule has 1 aliphatic heterocycles. The van der Waals surface area contributed by atoms with Gasteiger partial charge in [-0.05, 0) is 59.4 Å². The summed E-state index contributed by atoms with van der Waals surface area (Å²) < 4.78 is 47.2. The minimum Gasteiger partial charge on any atom is -0.493 e. The van der Waals surface area contributed by atoms with Crippen molar-refractivity contribution in [3.8, 4) is 11.4 Å². The first-order chi connectivity index (χ1) is 19.7. The van der Waals surface area contributed by atoms with Crippen molar-refractivity contribution in [3.63, 3.8) is 0 Å². The van der Waals surface area contributed by atoms with Crippen LogP contribution in [0.2, 0.25) is 0 Å². The fourth-order valence-electron chi connectivity index (χ4n) is 5.02. The molecule has 218 valence electrons. The quantitative estimate of drug-likeness (QED) is 0.385. The fourth-order valence-corrected chi connectivity index (χ4v) is 5.02. The van der Waals surface area contributed by atoms with E-state index in [0.29, 0.717) is 54.6 Å². The van der Waals surface area contributed by atoms with Gasteiger partial charge in [-0.15, -0.1) is 5.10 Å². The van der Waals surface area contributed by atoms with Gasteiger partial charge in [0.05, 0.1) is 18.8 Å². The third-order valence-electron chi connectivity index (χ3n) is 7.42. The number of hydrogen-bond acceptors (Lipinski definition) is 7. The molecule has 1 saturated carbocycles. The monoisotopic (exact) mass is 571 g/mol. The average Bonchev–Trinajstić information content (AvgIpc) is 3.65. The molecule has 2 amide bonds. The van der Waals surface area contributed by atoms with E-state index in [1.807, 2.05) is 30.3 Å². The van der Waals surface area contributed by atoms with Crippen LogP contribution in [0.25, 0.3) is 5.69 Å². The van der Waals surface area contributed by atoms with Crippen LogP contribution >= 0.6 is 0 Å². The van der Waals surface area contributed by atoms with Gasteiger partial charge in [-0.1, -0.05) is 30.3 Å². The predicted molar refractivity (Wildman–Crippen MR) is 142 cm³/mol. The molecule has 5 rings (SSSR count). The summed E-state index contributed by atoms with van der Waals surface area (Å²) >= 11 is 0. The molecule has 2 N–H and O–H groups in total. The molecule has 2 heterocycles. The Morgan fingerprint density at radius 3 is 2.59 bits per heavy atom. The van der Waals surface area contributed by atoms with E-state index in [4.69, 9.17) is 4.74 Å². The van der Waals surface area contributed by atoms with Gasteiger partial charge in [-0.3, -0.25) is 9.59 Å². The van der Waals surface area contributed by atoms with E-state index in [0.717, 1.165) is 18.4 Å². The minimum atomic E-state index is -4.71. The number of ether oxygens (including phenoxy) is 1. The number of amides is 2. The molecule has 2 unspecified atom stereocenters. The lowest BCUT2D eigenvalue weighted by Gasteiger charge is -2.39. The molecule has 2 atom stereocenters. The number of carbonyl (C=O) groups excluding carboxylic acids is 2. The number of piperidine rings is 1. The van der Waals surface area contributed by atoms with E-state index >= 15 is 0 Å². The van der Waals surface area contributed by atoms with Crippen molar-refractivity contribution in [3.05, 3.63) is 65.5 Å². The summed E-state index contributed by atoms with van der Waals surface area (Å²) in [5, 5.41) is 16.1. The Morgan fingerprint density at radius 2 is 1.88 bits per heavy atom. The van der Waals surface area contributed by atoms with Crippen LogP contribution < -0.4 is 15.4 Å². The second-order valence-electron chi connectivity index (χ2n) is 10.5. The SMILES string of the molecule is CC(=O)NCC(=O)N1CCC(NCc2cc(-n3nnnc3C(F)(F)F)ccc2OCC2CC2)C(c2ccccc2)C1. The molecule has 2 fully saturated rings. The van der Waals surface area contributed by atoms with Gasteiger partial charge in [-0.2, -0.15) is 17.9 Å². The molecule has 41 heavy (non-hydrogen) atoms. The van der Waals surface area contributed by atoms with Crippen molar-refractivity contribution in [2.75, 3.05) is 26.2 Å². The smallest absolute Gasteiger partial charge is 0.453 e. The van der Waals surface area contributed by atoms with Crippen molar-refractivity contribution in [2.24, 2.45) is 5.92 Å². The molecule has 0 radical (unpaired) electrons. The molecule has 13 heteroatoms. The number of hydrogen-bond donors (Lipinski definition) is 2. The first-order valence-electron chi connectivity index (χ1n) is 13.6. The summed E-state index contributed by atoms with van der Waals surface area (Å²) in [4.78, 5) is 25.8. The number of nitrogens with zero attached hydrogens (tertiary/aromatic N) is 5. The van der Waals surface area contributed by atoms with Crippen LogP contribution in [-0.4, -0.2) is 69.2 Å². The number of rotatable bonds is 10. The highest BCUT2D eigenvalue weighted by Gasteiger charge is 2.38. The number of alkyl halides is 3. The maximum Gasteiger partial charge on any atom is 0.453 e. The van der Waals surface area contributed by atoms with E-state index in [1.165, 1.54) is 13.0 Å².